The Labute approximate surface area is 125 Å². The van der Waals surface area contributed by atoms with Crippen molar-refractivity contribution in [3.05, 3.63) is 22.4 Å². The number of sulfonamides is 1. The molecular formula is C12H16BrFN2O3S. The maximum Gasteiger partial charge on any atom is 0.245 e. The third-order valence-corrected chi connectivity index (χ3v) is 6.02. The second-order valence-corrected chi connectivity index (χ2v) is 7.76. The minimum atomic E-state index is -3.79. The number of piperidine rings is 1. The molecule has 0 spiro atoms. The molecule has 1 saturated heterocycles. The SMILES string of the molecule is CC1CN(S(=O)(=O)c2cc(Br)c(F)cc2N)CCC1O. The molecule has 1 heterocycles. The Morgan fingerprint density at radius 3 is 2.75 bits per heavy atom. The molecule has 1 aromatic carbocycles. The van der Waals surface area contributed by atoms with E-state index >= 15 is 0 Å². The lowest BCUT2D eigenvalue weighted by atomic mass is 9.99. The summed E-state index contributed by atoms with van der Waals surface area (Å²) in [6.45, 7) is 2.23. The van der Waals surface area contributed by atoms with Gasteiger partial charge in [0.2, 0.25) is 10.0 Å². The van der Waals surface area contributed by atoms with Crippen molar-refractivity contribution in [2.24, 2.45) is 5.92 Å². The number of hydrogen-bond donors (Lipinski definition) is 2. The van der Waals surface area contributed by atoms with Gasteiger partial charge in [0.15, 0.2) is 0 Å². The molecule has 3 N–H and O–H groups in total. The molecule has 0 aromatic heterocycles. The summed E-state index contributed by atoms with van der Waals surface area (Å²) in [7, 11) is -3.79. The van der Waals surface area contributed by atoms with Crippen LogP contribution in [0.2, 0.25) is 0 Å². The Balaban J connectivity index is 2.38. The Morgan fingerprint density at radius 2 is 2.15 bits per heavy atom. The van der Waals surface area contributed by atoms with Crippen LogP contribution in [-0.2, 0) is 10.0 Å². The van der Waals surface area contributed by atoms with E-state index in [1.54, 1.807) is 6.92 Å². The zero-order chi connectivity index (χ0) is 15.1. The summed E-state index contributed by atoms with van der Waals surface area (Å²) in [5, 5.41) is 9.66. The maximum atomic E-state index is 13.3. The van der Waals surface area contributed by atoms with Crippen LogP contribution in [0, 0.1) is 11.7 Å². The first-order valence-electron chi connectivity index (χ1n) is 6.16. The Hall–Kier alpha value is -0.700. The van der Waals surface area contributed by atoms with Gasteiger partial charge in [-0.25, -0.2) is 12.8 Å². The van der Waals surface area contributed by atoms with Gasteiger partial charge < -0.3 is 10.8 Å². The van der Waals surface area contributed by atoms with Crippen molar-refractivity contribution in [3.8, 4) is 0 Å². The molecule has 0 amide bonds. The summed E-state index contributed by atoms with van der Waals surface area (Å²) in [6, 6.07) is 2.16. The number of anilines is 1. The van der Waals surface area contributed by atoms with E-state index in [9.17, 15) is 17.9 Å². The lowest BCUT2D eigenvalue weighted by Crippen LogP contribution is -2.45. The number of aliphatic hydroxyl groups excluding tert-OH is 1. The minimum absolute atomic E-state index is 0.0513. The normalized spacial score (nSPS) is 24.8. The zero-order valence-electron chi connectivity index (χ0n) is 10.9. The molecule has 112 valence electrons. The van der Waals surface area contributed by atoms with Gasteiger partial charge >= 0.3 is 0 Å². The van der Waals surface area contributed by atoms with Crippen LogP contribution >= 0.6 is 15.9 Å². The van der Waals surface area contributed by atoms with Crippen LogP contribution in [0.15, 0.2) is 21.5 Å². The van der Waals surface area contributed by atoms with Crippen LogP contribution < -0.4 is 5.73 Å². The van der Waals surface area contributed by atoms with Crippen molar-refractivity contribution in [3.63, 3.8) is 0 Å². The van der Waals surface area contributed by atoms with Gasteiger partial charge in [-0.05, 0) is 40.4 Å². The summed E-state index contributed by atoms with van der Waals surface area (Å²) >= 11 is 2.96. The number of nitrogens with zero attached hydrogens (tertiary/aromatic N) is 1. The van der Waals surface area contributed by atoms with E-state index in [4.69, 9.17) is 5.73 Å². The third kappa shape index (κ3) is 2.83. The van der Waals surface area contributed by atoms with Crippen molar-refractivity contribution < 1.29 is 17.9 Å². The van der Waals surface area contributed by atoms with Crippen molar-refractivity contribution in [2.45, 2.75) is 24.3 Å². The molecule has 20 heavy (non-hydrogen) atoms. The molecule has 2 atom stereocenters. The van der Waals surface area contributed by atoms with Crippen LogP contribution in [0.5, 0.6) is 0 Å². The van der Waals surface area contributed by atoms with Gasteiger partial charge in [0, 0.05) is 13.1 Å². The van der Waals surface area contributed by atoms with Gasteiger partial charge in [-0.15, -0.1) is 0 Å². The highest BCUT2D eigenvalue weighted by Gasteiger charge is 2.34. The minimum Gasteiger partial charge on any atom is -0.398 e. The van der Waals surface area contributed by atoms with E-state index in [1.807, 2.05) is 0 Å². The number of hydrogen-bond acceptors (Lipinski definition) is 4. The third-order valence-electron chi connectivity index (χ3n) is 3.49. The molecule has 8 heteroatoms. The summed E-state index contributed by atoms with van der Waals surface area (Å²) in [6.07, 6.45) is -0.124. The molecular weight excluding hydrogens is 351 g/mol. The fourth-order valence-electron chi connectivity index (χ4n) is 2.22. The average molecular weight is 367 g/mol. The van der Waals surface area contributed by atoms with Crippen LogP contribution in [-0.4, -0.2) is 37.0 Å². The van der Waals surface area contributed by atoms with E-state index < -0.39 is 21.9 Å². The second kappa shape index (κ2) is 5.59. The first kappa shape index (κ1) is 15.7. The summed E-state index contributed by atoms with van der Waals surface area (Å²) in [4.78, 5) is -0.116. The molecule has 2 unspecified atom stereocenters. The number of rotatable bonds is 2. The van der Waals surface area contributed by atoms with Crippen LogP contribution in [0.3, 0.4) is 0 Å². The lowest BCUT2D eigenvalue weighted by Gasteiger charge is -2.33. The quantitative estimate of drug-likeness (QED) is 0.778. The Morgan fingerprint density at radius 1 is 1.50 bits per heavy atom. The van der Waals surface area contributed by atoms with Gasteiger partial charge in [-0.2, -0.15) is 4.31 Å². The van der Waals surface area contributed by atoms with E-state index in [0.29, 0.717) is 6.42 Å². The Kier molecular flexibility index (Phi) is 4.38. The second-order valence-electron chi connectivity index (χ2n) is 5.00. The maximum absolute atomic E-state index is 13.3. The van der Waals surface area contributed by atoms with Crippen molar-refractivity contribution in [1.29, 1.82) is 0 Å². The lowest BCUT2D eigenvalue weighted by molar-refractivity contribution is 0.0629. The summed E-state index contributed by atoms with van der Waals surface area (Å²) in [5.41, 5.74) is 5.51. The van der Waals surface area contributed by atoms with E-state index in [2.05, 4.69) is 15.9 Å². The molecule has 1 aromatic rings. The highest BCUT2D eigenvalue weighted by atomic mass is 79.9. The zero-order valence-corrected chi connectivity index (χ0v) is 13.3. The molecule has 0 aliphatic carbocycles. The molecule has 0 bridgehead atoms. The summed E-state index contributed by atoms with van der Waals surface area (Å²) in [5.74, 6) is -0.757. The van der Waals surface area contributed by atoms with Crippen molar-refractivity contribution in [2.75, 3.05) is 18.8 Å². The smallest absolute Gasteiger partial charge is 0.245 e. The van der Waals surface area contributed by atoms with E-state index in [0.717, 1.165) is 6.07 Å². The largest absolute Gasteiger partial charge is 0.398 e. The highest BCUT2D eigenvalue weighted by Crippen LogP contribution is 2.30. The highest BCUT2D eigenvalue weighted by molar-refractivity contribution is 9.10. The average Bonchev–Trinajstić information content (AvgIpc) is 2.36. The predicted octanol–water partition coefficient (Wildman–Crippen LogP) is 1.56. The van der Waals surface area contributed by atoms with E-state index in [1.165, 1.54) is 10.4 Å². The fraction of sp³-hybridized carbons (Fsp3) is 0.500. The van der Waals surface area contributed by atoms with Gasteiger partial charge in [0.1, 0.15) is 10.7 Å². The molecule has 0 saturated carbocycles. The number of halogens is 2. The van der Waals surface area contributed by atoms with Crippen LogP contribution in [0.1, 0.15) is 13.3 Å². The predicted molar refractivity (Wildman–Crippen MR) is 77.1 cm³/mol. The number of nitrogens with two attached hydrogens (primary N) is 1. The molecule has 1 aliphatic rings. The fourth-order valence-corrected chi connectivity index (χ4v) is 4.39. The van der Waals surface area contributed by atoms with Crippen molar-refractivity contribution >= 4 is 31.6 Å². The Bertz CT molecular complexity index is 623. The number of nitrogen functional groups attached to an aromatic ring is 1. The molecule has 1 aliphatic heterocycles. The number of aliphatic hydroxyl groups is 1. The van der Waals surface area contributed by atoms with Gasteiger partial charge in [-0.1, -0.05) is 6.92 Å². The van der Waals surface area contributed by atoms with Crippen LogP contribution in [0.4, 0.5) is 10.1 Å². The molecule has 0 radical (unpaired) electrons. The topological polar surface area (TPSA) is 83.6 Å². The van der Waals surface area contributed by atoms with Gasteiger partial charge in [0.05, 0.1) is 16.3 Å². The molecule has 1 fully saturated rings. The van der Waals surface area contributed by atoms with Gasteiger partial charge in [-0.3, -0.25) is 0 Å². The summed E-state index contributed by atoms with van der Waals surface area (Å²) < 4.78 is 39.8. The van der Waals surface area contributed by atoms with Crippen LogP contribution in [0.25, 0.3) is 0 Å². The number of benzene rings is 1. The standard InChI is InChI=1S/C12H16BrFN2O3S/c1-7-6-16(3-2-11(7)17)20(18,19)12-4-8(13)9(14)5-10(12)15/h4-5,7,11,17H,2-3,6,15H2,1H3. The van der Waals surface area contributed by atoms with Gasteiger partial charge in [0.25, 0.3) is 0 Å². The van der Waals surface area contributed by atoms with Crippen molar-refractivity contribution in [1.82, 2.24) is 4.31 Å². The van der Waals surface area contributed by atoms with E-state index in [-0.39, 0.29) is 34.1 Å². The molecule has 5 nitrogen and oxygen atoms in total. The first-order valence-corrected chi connectivity index (χ1v) is 8.39. The first-order chi connectivity index (χ1) is 9.23. The monoisotopic (exact) mass is 366 g/mol. The molecule has 2 rings (SSSR count).